The summed E-state index contributed by atoms with van der Waals surface area (Å²) in [6, 6.07) is 18.2. The second kappa shape index (κ2) is 11.6. The first-order chi connectivity index (χ1) is 18.4. The normalized spacial score (nSPS) is 14.9. The number of rotatable bonds is 11. The van der Waals surface area contributed by atoms with E-state index < -0.39 is 33.5 Å². The summed E-state index contributed by atoms with van der Waals surface area (Å²) in [7, 11) is -2.53. The van der Waals surface area contributed by atoms with Crippen LogP contribution in [0.5, 0.6) is 0 Å². The molecule has 39 heavy (non-hydrogen) atoms. The number of hydrogen-bond acceptors (Lipinski definition) is 5. The van der Waals surface area contributed by atoms with Crippen LogP contribution in [0, 0.1) is 11.7 Å². The highest BCUT2D eigenvalue weighted by molar-refractivity contribution is 7.89. The van der Waals surface area contributed by atoms with Crippen LogP contribution in [0.15, 0.2) is 71.6 Å². The van der Waals surface area contributed by atoms with Crippen LogP contribution < -0.4 is 5.32 Å². The van der Waals surface area contributed by atoms with E-state index in [0.29, 0.717) is 17.0 Å². The zero-order valence-corrected chi connectivity index (χ0v) is 23.2. The molecule has 7 nitrogen and oxygen atoms in total. The fraction of sp³-hybridized carbons (Fsp3) is 0.367. The summed E-state index contributed by atoms with van der Waals surface area (Å²) < 4.78 is 41.8. The van der Waals surface area contributed by atoms with Gasteiger partial charge in [-0.05, 0) is 85.5 Å². The number of nitrogens with zero attached hydrogens (tertiary/aromatic N) is 1. The van der Waals surface area contributed by atoms with E-state index in [1.807, 2.05) is 0 Å². The van der Waals surface area contributed by atoms with Crippen LogP contribution in [-0.2, 0) is 22.9 Å². The highest BCUT2D eigenvalue weighted by Gasteiger charge is 2.29. The van der Waals surface area contributed by atoms with Crippen molar-refractivity contribution in [1.29, 1.82) is 0 Å². The fourth-order valence-corrected chi connectivity index (χ4v) is 6.58. The first kappa shape index (κ1) is 28.9. The number of aromatic carboxylic acids is 1. The lowest BCUT2D eigenvalue weighted by Gasteiger charge is -2.31. The van der Waals surface area contributed by atoms with Crippen LogP contribution in [0.4, 0.5) is 4.39 Å². The Morgan fingerprint density at radius 2 is 1.69 bits per heavy atom. The van der Waals surface area contributed by atoms with E-state index in [1.165, 1.54) is 36.4 Å². The Morgan fingerprint density at radius 1 is 1.05 bits per heavy atom. The predicted octanol–water partition coefficient (Wildman–Crippen LogP) is 4.35. The molecule has 1 aliphatic carbocycles. The van der Waals surface area contributed by atoms with Crippen molar-refractivity contribution in [2.45, 2.75) is 49.6 Å². The van der Waals surface area contributed by atoms with Crippen molar-refractivity contribution in [3.8, 4) is 11.1 Å². The number of sulfonamides is 1. The molecule has 0 spiro atoms. The lowest BCUT2D eigenvalue weighted by molar-refractivity contribution is 0.0692. The molecule has 3 aromatic rings. The van der Waals surface area contributed by atoms with Gasteiger partial charge in [-0.25, -0.2) is 17.6 Å². The van der Waals surface area contributed by atoms with Gasteiger partial charge in [0.25, 0.3) is 0 Å². The molecule has 1 aliphatic rings. The zero-order chi connectivity index (χ0) is 28.4. The average molecular weight is 555 g/mol. The minimum absolute atomic E-state index is 0.00786. The van der Waals surface area contributed by atoms with Gasteiger partial charge in [0.2, 0.25) is 10.0 Å². The number of aliphatic hydroxyl groups is 1. The summed E-state index contributed by atoms with van der Waals surface area (Å²) in [6.07, 6.45) is 2.09. The second-order valence-corrected chi connectivity index (χ2v) is 13.0. The minimum Gasteiger partial charge on any atom is -0.478 e. The first-order valence-electron chi connectivity index (χ1n) is 13.0. The quantitative estimate of drug-likeness (QED) is 0.326. The smallest absolute Gasteiger partial charge is 0.338 e. The minimum atomic E-state index is -3.94. The number of carboxylic acid groups (broad SMARTS) is 1. The van der Waals surface area contributed by atoms with E-state index >= 15 is 0 Å². The summed E-state index contributed by atoms with van der Waals surface area (Å²) in [6.45, 7) is 4.33. The van der Waals surface area contributed by atoms with Gasteiger partial charge in [-0.15, -0.1) is 0 Å². The Bertz CT molecular complexity index is 1430. The number of fused-ring (bicyclic) bond motifs is 1. The van der Waals surface area contributed by atoms with Crippen molar-refractivity contribution in [3.05, 3.63) is 89.2 Å². The molecule has 208 valence electrons. The molecular formula is C30H35FN2O5S. The van der Waals surface area contributed by atoms with E-state index in [1.54, 1.807) is 12.1 Å². The number of benzene rings is 3. The standard InChI is InChI=1S/C30H35FN2O5S/c1-30(2,17-20-13-21-7-4-5-8-22(21)14-20)32-18-25(34)19-33(3)39(37,38)26-10-6-9-23(15-26)24-11-12-27(29(35)36)28(31)16-24/h4-12,15-16,20,25,32,34H,13-14,17-19H2,1-3H3,(H,35,36). The molecule has 0 radical (unpaired) electrons. The molecule has 0 amide bonds. The Balaban J connectivity index is 1.35. The highest BCUT2D eigenvalue weighted by Crippen LogP contribution is 2.32. The fourth-order valence-electron chi connectivity index (χ4n) is 5.33. The Morgan fingerprint density at radius 3 is 2.31 bits per heavy atom. The molecular weight excluding hydrogens is 519 g/mol. The molecule has 0 bridgehead atoms. The Hall–Kier alpha value is -3.11. The van der Waals surface area contributed by atoms with E-state index in [9.17, 15) is 22.7 Å². The number of nitrogens with one attached hydrogen (secondary N) is 1. The van der Waals surface area contributed by atoms with Crippen molar-refractivity contribution in [2.75, 3.05) is 20.1 Å². The van der Waals surface area contributed by atoms with Gasteiger partial charge in [0, 0.05) is 25.7 Å². The van der Waals surface area contributed by atoms with Crippen molar-refractivity contribution in [3.63, 3.8) is 0 Å². The third kappa shape index (κ3) is 6.91. The predicted molar refractivity (Wildman–Crippen MR) is 149 cm³/mol. The molecule has 0 heterocycles. The van der Waals surface area contributed by atoms with E-state index in [4.69, 9.17) is 5.11 Å². The lowest BCUT2D eigenvalue weighted by atomic mass is 9.88. The van der Waals surface area contributed by atoms with Gasteiger partial charge in [0.1, 0.15) is 5.82 Å². The van der Waals surface area contributed by atoms with Crippen molar-refractivity contribution in [2.24, 2.45) is 5.92 Å². The second-order valence-electron chi connectivity index (χ2n) is 11.0. The van der Waals surface area contributed by atoms with Crippen LogP contribution >= 0.6 is 0 Å². The summed E-state index contributed by atoms with van der Waals surface area (Å²) in [5.41, 5.74) is 2.90. The summed E-state index contributed by atoms with van der Waals surface area (Å²) in [5, 5.41) is 23.1. The molecule has 0 saturated heterocycles. The van der Waals surface area contributed by atoms with E-state index in [2.05, 4.69) is 43.4 Å². The van der Waals surface area contributed by atoms with Gasteiger partial charge in [0.15, 0.2) is 0 Å². The molecule has 0 fully saturated rings. The number of hydrogen-bond donors (Lipinski definition) is 3. The number of likely N-dealkylation sites (N-methyl/N-ethyl adjacent to an activating group) is 1. The number of carboxylic acids is 1. The SMILES string of the molecule is CN(CC(O)CNC(C)(C)CC1Cc2ccccc2C1)S(=O)(=O)c1cccc(-c2ccc(C(=O)O)c(F)c2)c1. The maximum Gasteiger partial charge on any atom is 0.338 e. The van der Waals surface area contributed by atoms with Gasteiger partial charge < -0.3 is 15.5 Å². The molecule has 1 atom stereocenters. The number of aliphatic hydroxyl groups excluding tert-OH is 1. The molecule has 1 unspecified atom stereocenters. The summed E-state index contributed by atoms with van der Waals surface area (Å²) in [4.78, 5) is 11.1. The number of carbonyl (C=O) groups is 1. The third-order valence-corrected chi connectivity index (χ3v) is 9.11. The highest BCUT2D eigenvalue weighted by atomic mass is 32.2. The maximum absolute atomic E-state index is 14.2. The topological polar surface area (TPSA) is 107 Å². The number of β-amino-alcohol motifs (C(OH)–C–C–N with tert-alkyl or cyclic N) is 1. The largest absolute Gasteiger partial charge is 0.478 e. The van der Waals surface area contributed by atoms with Crippen LogP contribution in [0.2, 0.25) is 0 Å². The monoisotopic (exact) mass is 554 g/mol. The van der Waals surface area contributed by atoms with Crippen molar-refractivity contribution in [1.82, 2.24) is 9.62 Å². The maximum atomic E-state index is 14.2. The van der Waals surface area contributed by atoms with Gasteiger partial charge in [-0.2, -0.15) is 4.31 Å². The Kier molecular flexibility index (Phi) is 8.56. The molecule has 4 rings (SSSR count). The average Bonchev–Trinajstić information content (AvgIpc) is 3.29. The molecule has 0 aromatic heterocycles. The Labute approximate surface area is 229 Å². The summed E-state index contributed by atoms with van der Waals surface area (Å²) >= 11 is 0. The van der Waals surface area contributed by atoms with Crippen LogP contribution in [0.25, 0.3) is 11.1 Å². The molecule has 0 aliphatic heterocycles. The van der Waals surface area contributed by atoms with Gasteiger partial charge in [-0.1, -0.05) is 42.5 Å². The van der Waals surface area contributed by atoms with Crippen molar-refractivity contribution >= 4 is 16.0 Å². The molecule has 3 N–H and O–H groups in total. The zero-order valence-electron chi connectivity index (χ0n) is 22.4. The van der Waals surface area contributed by atoms with E-state index in [0.717, 1.165) is 35.7 Å². The van der Waals surface area contributed by atoms with E-state index in [-0.39, 0.29) is 23.5 Å². The van der Waals surface area contributed by atoms with Crippen LogP contribution in [0.1, 0.15) is 41.8 Å². The molecule has 0 saturated carbocycles. The van der Waals surface area contributed by atoms with Crippen LogP contribution in [0.3, 0.4) is 0 Å². The van der Waals surface area contributed by atoms with Crippen molar-refractivity contribution < 1.29 is 27.8 Å². The van der Waals surface area contributed by atoms with Gasteiger partial charge >= 0.3 is 5.97 Å². The molecule has 9 heteroatoms. The van der Waals surface area contributed by atoms with Gasteiger partial charge in [0.05, 0.1) is 16.6 Å². The lowest BCUT2D eigenvalue weighted by Crippen LogP contribution is -2.47. The first-order valence-corrected chi connectivity index (χ1v) is 14.4. The third-order valence-electron chi connectivity index (χ3n) is 7.29. The number of halogens is 1. The molecule has 3 aromatic carbocycles. The van der Waals surface area contributed by atoms with Crippen LogP contribution in [-0.4, -0.2) is 60.7 Å². The summed E-state index contributed by atoms with van der Waals surface area (Å²) in [5.74, 6) is -1.76. The van der Waals surface area contributed by atoms with Gasteiger partial charge in [-0.3, -0.25) is 0 Å².